The van der Waals surface area contributed by atoms with Crippen LogP contribution in [0.1, 0.15) is 20.8 Å². The first-order chi connectivity index (χ1) is 4.74. The molecule has 3 heteroatoms. The summed E-state index contributed by atoms with van der Waals surface area (Å²) < 4.78 is 5.18. The molecule has 0 bridgehead atoms. The van der Waals surface area contributed by atoms with Crippen LogP contribution in [0.15, 0.2) is 4.99 Å². The van der Waals surface area contributed by atoms with Crippen molar-refractivity contribution in [3.8, 4) is 0 Å². The van der Waals surface area contributed by atoms with Gasteiger partial charge in [-0.2, -0.15) is 0 Å². The summed E-state index contributed by atoms with van der Waals surface area (Å²) >= 11 is 0. The predicted molar refractivity (Wildman–Crippen MR) is 41.1 cm³/mol. The Morgan fingerprint density at radius 1 is 1.60 bits per heavy atom. The fourth-order valence-electron chi connectivity index (χ4n) is 0.865. The Labute approximate surface area is 61.5 Å². The van der Waals surface area contributed by atoms with E-state index in [9.17, 15) is 0 Å². The molecule has 58 valence electrons. The van der Waals surface area contributed by atoms with Crippen LogP contribution in [0.3, 0.4) is 0 Å². The molecule has 0 aliphatic carbocycles. The molecule has 0 aromatic rings. The summed E-state index contributed by atoms with van der Waals surface area (Å²) in [7, 11) is 0. The van der Waals surface area contributed by atoms with Crippen molar-refractivity contribution >= 4 is 6.02 Å². The fourth-order valence-corrected chi connectivity index (χ4v) is 0.865. The smallest absolute Gasteiger partial charge is 0.285 e. The Bertz CT molecular complexity index is 145. The first-order valence-corrected chi connectivity index (χ1v) is 3.71. The van der Waals surface area contributed by atoms with Crippen molar-refractivity contribution in [2.75, 3.05) is 6.61 Å². The second-order valence-corrected chi connectivity index (χ2v) is 2.54. The number of ether oxygens (including phenoxy) is 1. The van der Waals surface area contributed by atoms with Crippen LogP contribution in [0.4, 0.5) is 0 Å². The van der Waals surface area contributed by atoms with E-state index in [1.54, 1.807) is 0 Å². The number of hydrogen-bond acceptors (Lipinski definition) is 3. The van der Waals surface area contributed by atoms with Crippen LogP contribution in [0.2, 0.25) is 0 Å². The number of amidine groups is 1. The van der Waals surface area contributed by atoms with Crippen molar-refractivity contribution in [2.45, 2.75) is 32.9 Å². The lowest BCUT2D eigenvalue weighted by Crippen LogP contribution is -2.31. The highest BCUT2D eigenvalue weighted by Gasteiger charge is 2.20. The maximum Gasteiger partial charge on any atom is 0.285 e. The molecule has 1 aliphatic rings. The Morgan fingerprint density at radius 3 is 2.70 bits per heavy atom. The van der Waals surface area contributed by atoms with Crippen LogP contribution in [0, 0.1) is 0 Å². The molecule has 10 heavy (non-hydrogen) atoms. The zero-order valence-electron chi connectivity index (χ0n) is 6.72. The second-order valence-electron chi connectivity index (χ2n) is 2.54. The Morgan fingerprint density at radius 2 is 2.30 bits per heavy atom. The number of nitrogens with zero attached hydrogens (tertiary/aromatic N) is 1. The lowest BCUT2D eigenvalue weighted by atomic mass is 10.2. The van der Waals surface area contributed by atoms with Crippen molar-refractivity contribution < 1.29 is 4.74 Å². The van der Waals surface area contributed by atoms with Gasteiger partial charge in [0.15, 0.2) is 0 Å². The molecule has 0 aromatic heterocycles. The maximum atomic E-state index is 5.18. The molecule has 0 radical (unpaired) electrons. The van der Waals surface area contributed by atoms with E-state index < -0.39 is 0 Å². The minimum absolute atomic E-state index is 0.349. The van der Waals surface area contributed by atoms with Crippen molar-refractivity contribution in [3.05, 3.63) is 0 Å². The molecule has 0 saturated carbocycles. The SMILES string of the molecule is CCOC1=N[C@@H](C)[C@H](C)N1. The van der Waals surface area contributed by atoms with E-state index in [0.29, 0.717) is 24.7 Å². The van der Waals surface area contributed by atoms with Crippen molar-refractivity contribution in [3.63, 3.8) is 0 Å². The van der Waals surface area contributed by atoms with Gasteiger partial charge in [0.05, 0.1) is 12.6 Å². The normalized spacial score (nSPS) is 31.3. The van der Waals surface area contributed by atoms with E-state index in [1.165, 1.54) is 0 Å². The molecule has 2 atom stereocenters. The van der Waals surface area contributed by atoms with Gasteiger partial charge >= 0.3 is 0 Å². The first kappa shape index (κ1) is 7.38. The molecule has 0 saturated heterocycles. The third kappa shape index (κ3) is 1.40. The van der Waals surface area contributed by atoms with E-state index in [0.717, 1.165) is 0 Å². The van der Waals surface area contributed by atoms with Gasteiger partial charge < -0.3 is 10.1 Å². The van der Waals surface area contributed by atoms with Crippen molar-refractivity contribution in [1.29, 1.82) is 0 Å². The summed E-state index contributed by atoms with van der Waals surface area (Å²) in [6.45, 7) is 6.81. The Balaban J connectivity index is 2.42. The van der Waals surface area contributed by atoms with Gasteiger partial charge in [0, 0.05) is 6.04 Å². The third-order valence-electron chi connectivity index (χ3n) is 1.68. The molecule has 0 amide bonds. The van der Waals surface area contributed by atoms with Crippen LogP contribution < -0.4 is 5.32 Å². The summed E-state index contributed by atoms with van der Waals surface area (Å²) in [6, 6.07) is 1.46. The average Bonchev–Trinajstić information content (AvgIpc) is 2.14. The zero-order chi connectivity index (χ0) is 7.56. The minimum atomic E-state index is 0.349. The Kier molecular flexibility index (Phi) is 2.14. The van der Waals surface area contributed by atoms with Gasteiger partial charge in [-0.3, -0.25) is 0 Å². The van der Waals surface area contributed by atoms with Crippen LogP contribution in [0.25, 0.3) is 0 Å². The fraction of sp³-hybridized carbons (Fsp3) is 0.857. The molecule has 1 N–H and O–H groups in total. The number of hydrogen-bond donors (Lipinski definition) is 1. The van der Waals surface area contributed by atoms with E-state index in [4.69, 9.17) is 4.74 Å². The zero-order valence-corrected chi connectivity index (χ0v) is 6.72. The molecular weight excluding hydrogens is 128 g/mol. The van der Waals surface area contributed by atoms with Crippen LogP contribution in [-0.4, -0.2) is 24.7 Å². The summed E-state index contributed by atoms with van der Waals surface area (Å²) in [5, 5.41) is 3.13. The quantitative estimate of drug-likeness (QED) is 0.586. The van der Waals surface area contributed by atoms with Gasteiger partial charge in [0.25, 0.3) is 6.02 Å². The minimum Gasteiger partial charge on any atom is -0.466 e. The van der Waals surface area contributed by atoms with E-state index >= 15 is 0 Å². The molecule has 0 aromatic carbocycles. The summed E-state index contributed by atoms with van der Waals surface area (Å²) in [5.41, 5.74) is 0. The molecule has 0 unspecified atom stereocenters. The topological polar surface area (TPSA) is 33.6 Å². The summed E-state index contributed by atoms with van der Waals surface area (Å²) in [4.78, 5) is 4.24. The van der Waals surface area contributed by atoms with E-state index in [2.05, 4.69) is 24.2 Å². The first-order valence-electron chi connectivity index (χ1n) is 3.71. The van der Waals surface area contributed by atoms with E-state index in [1.807, 2.05) is 6.92 Å². The molecule has 1 rings (SSSR count). The maximum absolute atomic E-state index is 5.18. The van der Waals surface area contributed by atoms with Crippen LogP contribution in [-0.2, 0) is 4.74 Å². The van der Waals surface area contributed by atoms with Crippen molar-refractivity contribution in [2.24, 2.45) is 4.99 Å². The van der Waals surface area contributed by atoms with Crippen LogP contribution >= 0.6 is 0 Å². The van der Waals surface area contributed by atoms with Gasteiger partial charge in [-0.15, -0.1) is 0 Å². The standard InChI is InChI=1S/C7H14N2O/c1-4-10-7-8-5(2)6(3)9-7/h5-6H,4H2,1-3H3,(H,8,9)/t5-,6-/m0/s1. The van der Waals surface area contributed by atoms with Gasteiger partial charge in [-0.05, 0) is 20.8 Å². The molecule has 1 aliphatic heterocycles. The number of rotatable bonds is 1. The lowest BCUT2D eigenvalue weighted by molar-refractivity contribution is 0.313. The third-order valence-corrected chi connectivity index (χ3v) is 1.68. The molecule has 1 heterocycles. The Hall–Kier alpha value is -0.730. The van der Waals surface area contributed by atoms with Crippen LogP contribution in [0.5, 0.6) is 0 Å². The number of aliphatic imine (C=N–C) groups is 1. The monoisotopic (exact) mass is 142 g/mol. The lowest BCUT2D eigenvalue weighted by Gasteiger charge is -2.07. The molecule has 3 nitrogen and oxygen atoms in total. The number of nitrogens with one attached hydrogen (secondary N) is 1. The van der Waals surface area contributed by atoms with Gasteiger partial charge in [0.2, 0.25) is 0 Å². The van der Waals surface area contributed by atoms with Crippen molar-refractivity contribution in [1.82, 2.24) is 5.32 Å². The second kappa shape index (κ2) is 2.90. The van der Waals surface area contributed by atoms with E-state index in [-0.39, 0.29) is 0 Å². The summed E-state index contributed by atoms with van der Waals surface area (Å²) in [5.74, 6) is 0. The van der Waals surface area contributed by atoms with Gasteiger partial charge in [0.1, 0.15) is 0 Å². The molecule has 0 fully saturated rings. The average molecular weight is 142 g/mol. The highest BCUT2D eigenvalue weighted by Crippen LogP contribution is 2.05. The largest absolute Gasteiger partial charge is 0.466 e. The highest BCUT2D eigenvalue weighted by molar-refractivity contribution is 5.76. The van der Waals surface area contributed by atoms with Gasteiger partial charge in [-0.25, -0.2) is 4.99 Å². The molecular formula is C7H14N2O. The predicted octanol–water partition coefficient (Wildman–Crippen LogP) is 0.759. The summed E-state index contributed by atoms with van der Waals surface area (Å²) in [6.07, 6.45) is 0. The molecule has 0 spiro atoms. The highest BCUT2D eigenvalue weighted by atomic mass is 16.5. The van der Waals surface area contributed by atoms with Gasteiger partial charge in [-0.1, -0.05) is 0 Å².